The normalized spacial score (nSPS) is 16.4. The summed E-state index contributed by atoms with van der Waals surface area (Å²) in [5.41, 5.74) is 3.25. The van der Waals surface area contributed by atoms with Gasteiger partial charge >= 0.3 is 0 Å². The molecule has 0 spiro atoms. The zero-order chi connectivity index (χ0) is 18.6. The molecule has 0 atom stereocenters. The molecular formula is C23H30N2O. The van der Waals surface area contributed by atoms with Gasteiger partial charge in [-0.2, -0.15) is 0 Å². The Bertz CT molecular complexity index is 731. The van der Waals surface area contributed by atoms with Crippen molar-refractivity contribution < 1.29 is 4.79 Å². The summed E-state index contributed by atoms with van der Waals surface area (Å²) in [7, 11) is 0. The molecule has 3 heteroatoms. The predicted molar refractivity (Wildman–Crippen MR) is 107 cm³/mol. The molecule has 2 aromatic carbocycles. The molecule has 1 N–H and O–H groups in total. The van der Waals surface area contributed by atoms with E-state index in [2.05, 4.69) is 41.4 Å². The molecule has 0 unspecified atom stereocenters. The van der Waals surface area contributed by atoms with Crippen LogP contribution in [0.25, 0.3) is 0 Å². The number of hydrogen-bond acceptors (Lipinski definition) is 2. The van der Waals surface area contributed by atoms with E-state index in [1.54, 1.807) is 0 Å². The van der Waals surface area contributed by atoms with Crippen LogP contribution in [0.15, 0.2) is 54.6 Å². The van der Waals surface area contributed by atoms with Gasteiger partial charge in [-0.05, 0) is 44.7 Å². The third kappa shape index (κ3) is 4.53. The Morgan fingerprint density at radius 3 is 2.42 bits per heavy atom. The standard InChI is InChI=1S/C23H30N2O/c1-18-8-7-9-19(16-18)17-25-14-12-21(13-15-25)24-22(26)23(2,3)20-10-5-4-6-11-20/h4-11,16,21H,12-15,17H2,1-3H3,(H,24,26). The summed E-state index contributed by atoms with van der Waals surface area (Å²) in [5, 5.41) is 3.29. The molecule has 0 saturated carbocycles. The lowest BCUT2D eigenvalue weighted by molar-refractivity contribution is -0.126. The van der Waals surface area contributed by atoms with E-state index in [1.165, 1.54) is 11.1 Å². The first-order chi connectivity index (χ1) is 12.4. The van der Waals surface area contributed by atoms with E-state index in [4.69, 9.17) is 0 Å². The van der Waals surface area contributed by atoms with Crippen molar-refractivity contribution in [3.05, 3.63) is 71.3 Å². The molecule has 1 fully saturated rings. The Kier molecular flexibility index (Phi) is 5.77. The number of amides is 1. The molecule has 26 heavy (non-hydrogen) atoms. The van der Waals surface area contributed by atoms with E-state index in [9.17, 15) is 4.79 Å². The summed E-state index contributed by atoms with van der Waals surface area (Å²) in [5.74, 6) is 0.126. The van der Waals surface area contributed by atoms with Crippen molar-refractivity contribution in [3.63, 3.8) is 0 Å². The largest absolute Gasteiger partial charge is 0.353 e. The minimum absolute atomic E-state index is 0.126. The molecule has 138 valence electrons. The zero-order valence-electron chi connectivity index (χ0n) is 16.2. The second-order valence-electron chi connectivity index (χ2n) is 8.00. The minimum atomic E-state index is -0.500. The number of carbonyl (C=O) groups excluding carboxylic acids is 1. The Labute approximate surface area is 157 Å². The van der Waals surface area contributed by atoms with E-state index in [1.807, 2.05) is 44.2 Å². The fourth-order valence-electron chi connectivity index (χ4n) is 3.66. The Balaban J connectivity index is 1.51. The average molecular weight is 351 g/mol. The Hall–Kier alpha value is -2.13. The van der Waals surface area contributed by atoms with Crippen molar-refractivity contribution >= 4 is 5.91 Å². The number of piperidine rings is 1. The van der Waals surface area contributed by atoms with Gasteiger partial charge in [-0.3, -0.25) is 9.69 Å². The van der Waals surface area contributed by atoms with Crippen molar-refractivity contribution in [1.29, 1.82) is 0 Å². The number of benzene rings is 2. The molecule has 3 rings (SSSR count). The van der Waals surface area contributed by atoms with Crippen LogP contribution in [0.5, 0.6) is 0 Å². The van der Waals surface area contributed by atoms with Crippen LogP contribution in [0.2, 0.25) is 0 Å². The van der Waals surface area contributed by atoms with Crippen molar-refractivity contribution in [2.75, 3.05) is 13.1 Å². The maximum absolute atomic E-state index is 12.8. The Morgan fingerprint density at radius 2 is 1.77 bits per heavy atom. The lowest BCUT2D eigenvalue weighted by Gasteiger charge is -2.34. The smallest absolute Gasteiger partial charge is 0.230 e. The summed E-state index contributed by atoms with van der Waals surface area (Å²) in [6.07, 6.45) is 2.03. The van der Waals surface area contributed by atoms with E-state index in [-0.39, 0.29) is 11.9 Å². The van der Waals surface area contributed by atoms with E-state index < -0.39 is 5.41 Å². The van der Waals surface area contributed by atoms with Crippen molar-refractivity contribution in [1.82, 2.24) is 10.2 Å². The minimum Gasteiger partial charge on any atom is -0.353 e. The molecule has 1 saturated heterocycles. The SMILES string of the molecule is Cc1cccc(CN2CCC(NC(=O)C(C)(C)c3ccccc3)CC2)c1. The molecule has 0 aliphatic carbocycles. The van der Waals surface area contributed by atoms with Gasteiger partial charge < -0.3 is 5.32 Å². The first kappa shape index (κ1) is 18.7. The molecule has 0 radical (unpaired) electrons. The number of nitrogens with zero attached hydrogens (tertiary/aromatic N) is 1. The van der Waals surface area contributed by atoms with Gasteiger partial charge in [0.05, 0.1) is 5.41 Å². The topological polar surface area (TPSA) is 32.3 Å². The number of carbonyl (C=O) groups is 1. The van der Waals surface area contributed by atoms with Crippen molar-refractivity contribution in [2.24, 2.45) is 0 Å². The predicted octanol–water partition coefficient (Wildman–Crippen LogP) is 4.05. The highest BCUT2D eigenvalue weighted by molar-refractivity contribution is 5.87. The van der Waals surface area contributed by atoms with Crippen molar-refractivity contribution in [3.8, 4) is 0 Å². The summed E-state index contributed by atoms with van der Waals surface area (Å²) in [6.45, 7) is 9.21. The highest BCUT2D eigenvalue weighted by atomic mass is 16.2. The van der Waals surface area contributed by atoms with Crippen LogP contribution in [-0.4, -0.2) is 29.9 Å². The second kappa shape index (κ2) is 8.05. The molecule has 3 nitrogen and oxygen atoms in total. The average Bonchev–Trinajstić information content (AvgIpc) is 2.64. The third-order valence-corrected chi connectivity index (χ3v) is 5.47. The molecule has 1 aliphatic heterocycles. The molecule has 2 aromatic rings. The first-order valence-corrected chi connectivity index (χ1v) is 9.59. The maximum atomic E-state index is 12.8. The van der Waals surface area contributed by atoms with Crippen LogP contribution in [0.4, 0.5) is 0 Å². The lowest BCUT2D eigenvalue weighted by atomic mass is 9.83. The van der Waals surface area contributed by atoms with Gasteiger partial charge in [0, 0.05) is 25.7 Å². The van der Waals surface area contributed by atoms with Crippen LogP contribution < -0.4 is 5.32 Å². The molecule has 1 aliphatic rings. The van der Waals surface area contributed by atoms with Gasteiger partial charge in [0.25, 0.3) is 0 Å². The van der Waals surface area contributed by atoms with Gasteiger partial charge in [0.15, 0.2) is 0 Å². The zero-order valence-corrected chi connectivity index (χ0v) is 16.2. The number of likely N-dealkylation sites (tertiary alicyclic amines) is 1. The number of nitrogens with one attached hydrogen (secondary N) is 1. The van der Waals surface area contributed by atoms with Gasteiger partial charge in [-0.25, -0.2) is 0 Å². The van der Waals surface area contributed by atoms with E-state index >= 15 is 0 Å². The summed E-state index contributed by atoms with van der Waals surface area (Å²) in [4.78, 5) is 15.3. The second-order valence-corrected chi connectivity index (χ2v) is 8.00. The molecule has 0 bridgehead atoms. The number of hydrogen-bond donors (Lipinski definition) is 1. The highest BCUT2D eigenvalue weighted by Crippen LogP contribution is 2.24. The molecular weight excluding hydrogens is 320 g/mol. The third-order valence-electron chi connectivity index (χ3n) is 5.47. The van der Waals surface area contributed by atoms with Gasteiger partial charge in [0.1, 0.15) is 0 Å². The van der Waals surface area contributed by atoms with Crippen LogP contribution in [0, 0.1) is 6.92 Å². The van der Waals surface area contributed by atoms with Crippen LogP contribution in [0.3, 0.4) is 0 Å². The molecule has 1 heterocycles. The fraction of sp³-hybridized carbons (Fsp3) is 0.435. The highest BCUT2D eigenvalue weighted by Gasteiger charge is 2.32. The van der Waals surface area contributed by atoms with Crippen LogP contribution in [-0.2, 0) is 16.8 Å². The maximum Gasteiger partial charge on any atom is 0.230 e. The monoisotopic (exact) mass is 350 g/mol. The first-order valence-electron chi connectivity index (χ1n) is 9.59. The van der Waals surface area contributed by atoms with Crippen molar-refractivity contribution in [2.45, 2.75) is 51.6 Å². The quantitative estimate of drug-likeness (QED) is 0.882. The van der Waals surface area contributed by atoms with Gasteiger partial charge in [0.2, 0.25) is 5.91 Å². The summed E-state index contributed by atoms with van der Waals surface area (Å²) < 4.78 is 0. The van der Waals surface area contributed by atoms with E-state index in [0.29, 0.717) is 0 Å². The van der Waals surface area contributed by atoms with E-state index in [0.717, 1.165) is 38.0 Å². The number of rotatable bonds is 5. The molecule has 1 amide bonds. The summed E-state index contributed by atoms with van der Waals surface area (Å²) in [6, 6.07) is 19.0. The summed E-state index contributed by atoms with van der Waals surface area (Å²) >= 11 is 0. The molecule has 0 aromatic heterocycles. The lowest BCUT2D eigenvalue weighted by Crippen LogP contribution is -2.49. The fourth-order valence-corrected chi connectivity index (χ4v) is 3.66. The van der Waals surface area contributed by atoms with Gasteiger partial charge in [-0.15, -0.1) is 0 Å². The Morgan fingerprint density at radius 1 is 1.08 bits per heavy atom. The van der Waals surface area contributed by atoms with Gasteiger partial charge in [-0.1, -0.05) is 60.2 Å². The number of aryl methyl sites for hydroxylation is 1. The van der Waals surface area contributed by atoms with Crippen LogP contribution in [0.1, 0.15) is 43.4 Å². The van der Waals surface area contributed by atoms with Crippen LogP contribution >= 0.6 is 0 Å².